The van der Waals surface area contributed by atoms with E-state index in [1.807, 2.05) is 0 Å². The Hall–Kier alpha value is -1.49. The summed E-state index contributed by atoms with van der Waals surface area (Å²) in [5.74, 6) is 0.965. The van der Waals surface area contributed by atoms with Crippen molar-refractivity contribution in [1.82, 2.24) is 0 Å². The van der Waals surface area contributed by atoms with Crippen molar-refractivity contribution >= 4 is 14.5 Å². The highest BCUT2D eigenvalue weighted by molar-refractivity contribution is 7.17. The Bertz CT molecular complexity index is 548. The van der Waals surface area contributed by atoms with Gasteiger partial charge in [0, 0.05) is 0 Å². The molecule has 25 heavy (non-hydrogen) atoms. The van der Waals surface area contributed by atoms with Crippen LogP contribution < -0.4 is 9.47 Å². The van der Waals surface area contributed by atoms with Crippen LogP contribution in [-0.2, 0) is 13.8 Å². The van der Waals surface area contributed by atoms with E-state index in [1.54, 1.807) is 18.2 Å². The number of methoxy groups -OCH3 is 2. The average Bonchev–Trinajstić information content (AvgIpc) is 2.67. The van der Waals surface area contributed by atoms with Gasteiger partial charge >= 0.3 is 8.69 Å². The van der Waals surface area contributed by atoms with Gasteiger partial charge in [-0.15, -0.1) is 0 Å². The van der Waals surface area contributed by atoms with E-state index in [0.29, 0.717) is 17.1 Å². The molecule has 1 aliphatic carbocycles. The molecular formula is C18H25O6P. The second-order valence-corrected chi connectivity index (χ2v) is 6.41. The number of carbonyl (C=O) groups is 1. The van der Waals surface area contributed by atoms with Gasteiger partial charge in [-0.1, -0.05) is 25.3 Å². The second-order valence-electron chi connectivity index (χ2n) is 6.00. The molecular weight excluding hydrogens is 343 g/mol. The molecule has 1 aromatic carbocycles. The summed E-state index contributed by atoms with van der Waals surface area (Å²) >= 11 is 0. The Morgan fingerprint density at radius 2 is 1.76 bits per heavy atom. The topological polar surface area (TPSA) is 71.1 Å². The fraction of sp³-hybridized carbons (Fsp3) is 0.611. The van der Waals surface area contributed by atoms with Gasteiger partial charge in [0.15, 0.2) is 5.78 Å². The number of hydrogen-bond donors (Lipinski definition) is 0. The van der Waals surface area contributed by atoms with Gasteiger partial charge in [-0.05, 0) is 30.9 Å². The molecule has 1 saturated carbocycles. The number of ether oxygens (including phenoxy) is 3. The van der Waals surface area contributed by atoms with Crippen molar-refractivity contribution in [3.63, 3.8) is 0 Å². The highest BCUT2D eigenvalue weighted by Gasteiger charge is 2.34. The van der Waals surface area contributed by atoms with Crippen molar-refractivity contribution in [3.8, 4) is 11.5 Å². The molecule has 1 aliphatic rings. The standard InChI is InChI=1S/C18H25O6P/c1-21-14-9-6-10-15(22-2)16(14)17(19)18(23-11-12-24-25-20)13-7-4-3-5-8-13/h6,9-10,13,18H,3-5,7-8,11-12H2,1-2H3. The molecule has 0 radical (unpaired) electrons. The fourth-order valence-corrected chi connectivity index (χ4v) is 3.50. The van der Waals surface area contributed by atoms with E-state index in [4.69, 9.17) is 18.7 Å². The first-order valence-electron chi connectivity index (χ1n) is 8.54. The second kappa shape index (κ2) is 10.5. The van der Waals surface area contributed by atoms with E-state index in [-0.39, 0.29) is 33.6 Å². The lowest BCUT2D eigenvalue weighted by Gasteiger charge is -2.30. The van der Waals surface area contributed by atoms with Crippen LogP contribution in [0.4, 0.5) is 0 Å². The zero-order valence-electron chi connectivity index (χ0n) is 14.7. The number of rotatable bonds is 10. The maximum atomic E-state index is 13.3. The lowest BCUT2D eigenvalue weighted by Crippen LogP contribution is -2.35. The monoisotopic (exact) mass is 368 g/mol. The maximum absolute atomic E-state index is 13.3. The molecule has 2 rings (SSSR count). The molecule has 1 fully saturated rings. The normalized spacial score (nSPS) is 16.6. The molecule has 0 saturated heterocycles. The fourth-order valence-electron chi connectivity index (χ4n) is 3.35. The summed E-state index contributed by atoms with van der Waals surface area (Å²) in [6.07, 6.45) is 4.70. The molecule has 0 N–H and O–H groups in total. The smallest absolute Gasteiger partial charge is 0.327 e. The van der Waals surface area contributed by atoms with Crippen LogP contribution in [0.2, 0.25) is 0 Å². The molecule has 0 amide bonds. The largest absolute Gasteiger partial charge is 0.496 e. The lowest BCUT2D eigenvalue weighted by molar-refractivity contribution is -0.00121. The Balaban J connectivity index is 2.25. The first-order valence-corrected chi connectivity index (χ1v) is 9.27. The van der Waals surface area contributed by atoms with Crippen LogP contribution >= 0.6 is 8.69 Å². The van der Waals surface area contributed by atoms with Crippen molar-refractivity contribution < 1.29 is 28.1 Å². The molecule has 7 heteroatoms. The van der Waals surface area contributed by atoms with E-state index < -0.39 is 6.10 Å². The van der Waals surface area contributed by atoms with Crippen LogP contribution in [0.3, 0.4) is 0 Å². The third-order valence-electron chi connectivity index (χ3n) is 4.54. The number of hydrogen-bond acceptors (Lipinski definition) is 6. The first-order chi connectivity index (χ1) is 12.2. The lowest BCUT2D eigenvalue weighted by atomic mass is 9.82. The molecule has 0 aliphatic heterocycles. The number of benzene rings is 1. The number of carbonyl (C=O) groups excluding carboxylic acids is 1. The van der Waals surface area contributed by atoms with E-state index in [0.717, 1.165) is 25.7 Å². The third-order valence-corrected chi connectivity index (χ3v) is 4.82. The quantitative estimate of drug-likeness (QED) is 0.352. The highest BCUT2D eigenvalue weighted by atomic mass is 31.1. The van der Waals surface area contributed by atoms with E-state index >= 15 is 0 Å². The predicted molar refractivity (Wildman–Crippen MR) is 93.8 cm³/mol. The molecule has 6 nitrogen and oxygen atoms in total. The number of ketones is 1. The Morgan fingerprint density at radius 3 is 2.32 bits per heavy atom. The minimum atomic E-state index is -0.586. The van der Waals surface area contributed by atoms with Crippen molar-refractivity contribution in [2.24, 2.45) is 5.92 Å². The van der Waals surface area contributed by atoms with E-state index in [9.17, 15) is 9.36 Å². The van der Waals surface area contributed by atoms with Gasteiger partial charge in [-0.3, -0.25) is 9.32 Å². The SMILES string of the molecule is COc1cccc(OC)c1C(=O)C(OCCOP=O)C1CCCCC1. The Kier molecular flexibility index (Phi) is 8.32. The van der Waals surface area contributed by atoms with Crippen LogP contribution in [0, 0.1) is 5.92 Å². The molecule has 138 valence electrons. The number of Topliss-reactive ketones (excluding diaryl/α,β-unsaturated/α-hetero) is 1. The minimum absolute atomic E-state index is 0.138. The summed E-state index contributed by atoms with van der Waals surface area (Å²) in [5.41, 5.74) is 0.408. The summed E-state index contributed by atoms with van der Waals surface area (Å²) in [7, 11) is 2.68. The summed E-state index contributed by atoms with van der Waals surface area (Å²) in [5, 5.41) is 0. The summed E-state index contributed by atoms with van der Waals surface area (Å²) < 4.78 is 31.8. The Labute approximate surface area is 150 Å². The first kappa shape index (κ1) is 19.8. The molecule has 1 aromatic rings. The summed E-state index contributed by atoms with van der Waals surface area (Å²) in [6, 6.07) is 5.27. The van der Waals surface area contributed by atoms with Crippen molar-refractivity contribution in [3.05, 3.63) is 23.8 Å². The maximum Gasteiger partial charge on any atom is 0.327 e. The van der Waals surface area contributed by atoms with Crippen LogP contribution in [0.25, 0.3) is 0 Å². The van der Waals surface area contributed by atoms with Crippen LogP contribution in [-0.4, -0.2) is 39.3 Å². The van der Waals surface area contributed by atoms with Crippen molar-refractivity contribution in [1.29, 1.82) is 0 Å². The molecule has 0 spiro atoms. The highest BCUT2D eigenvalue weighted by Crippen LogP contribution is 2.35. The van der Waals surface area contributed by atoms with Crippen molar-refractivity contribution in [2.45, 2.75) is 38.2 Å². The van der Waals surface area contributed by atoms with Gasteiger partial charge in [-0.25, -0.2) is 4.57 Å². The summed E-state index contributed by atoms with van der Waals surface area (Å²) in [4.78, 5) is 13.3. The molecule has 0 heterocycles. The zero-order chi connectivity index (χ0) is 18.1. The molecule has 0 aromatic heterocycles. The van der Waals surface area contributed by atoms with Crippen LogP contribution in [0.1, 0.15) is 42.5 Å². The van der Waals surface area contributed by atoms with Gasteiger partial charge in [0.2, 0.25) is 0 Å². The van der Waals surface area contributed by atoms with E-state index in [1.165, 1.54) is 20.6 Å². The van der Waals surface area contributed by atoms with Crippen LogP contribution in [0.15, 0.2) is 18.2 Å². The summed E-state index contributed by atoms with van der Waals surface area (Å²) in [6.45, 7) is 0.379. The molecule has 1 atom stereocenters. The van der Waals surface area contributed by atoms with Gasteiger partial charge < -0.3 is 14.2 Å². The van der Waals surface area contributed by atoms with E-state index in [2.05, 4.69) is 0 Å². The van der Waals surface area contributed by atoms with Gasteiger partial charge in [0.05, 0.1) is 27.4 Å². The van der Waals surface area contributed by atoms with Crippen molar-refractivity contribution in [2.75, 3.05) is 27.4 Å². The minimum Gasteiger partial charge on any atom is -0.496 e. The van der Waals surface area contributed by atoms with Gasteiger partial charge in [-0.2, -0.15) is 0 Å². The van der Waals surface area contributed by atoms with Gasteiger partial charge in [0.25, 0.3) is 0 Å². The third kappa shape index (κ3) is 5.24. The molecule has 1 unspecified atom stereocenters. The van der Waals surface area contributed by atoms with Crippen LogP contribution in [0.5, 0.6) is 11.5 Å². The molecule has 0 bridgehead atoms. The zero-order valence-corrected chi connectivity index (χ0v) is 15.6. The average molecular weight is 368 g/mol. The van der Waals surface area contributed by atoms with Gasteiger partial charge in [0.1, 0.15) is 23.2 Å². The Morgan fingerprint density at radius 1 is 1.12 bits per heavy atom. The predicted octanol–water partition coefficient (Wildman–Crippen LogP) is 4.08.